The van der Waals surface area contributed by atoms with Gasteiger partial charge in [0.05, 0.1) is 0 Å². The van der Waals surface area contributed by atoms with Gasteiger partial charge in [-0.1, -0.05) is 65.7 Å². The number of rotatable bonds is 11. The van der Waals surface area contributed by atoms with Crippen LogP contribution in [0.2, 0.25) is 0 Å². The summed E-state index contributed by atoms with van der Waals surface area (Å²) >= 11 is 0. The van der Waals surface area contributed by atoms with Crippen molar-refractivity contribution in [2.75, 3.05) is 18.5 Å². The van der Waals surface area contributed by atoms with Crippen LogP contribution in [0.1, 0.15) is 72.1 Å². The van der Waals surface area contributed by atoms with Crippen molar-refractivity contribution in [3.63, 3.8) is 0 Å². The normalized spacial score (nSPS) is 11.2. The molecule has 0 aromatic carbocycles. The van der Waals surface area contributed by atoms with Crippen LogP contribution in [0.15, 0.2) is 0 Å². The lowest BCUT2D eigenvalue weighted by atomic mass is 10.1. The second-order valence-electron chi connectivity index (χ2n) is 4.61. The smallest absolute Gasteiger partial charge is 0.0326 e. The largest absolute Gasteiger partial charge is 0.107 e. The third-order valence-electron chi connectivity index (χ3n) is 2.91. The van der Waals surface area contributed by atoms with Crippen molar-refractivity contribution >= 4 is 7.92 Å². The topological polar surface area (TPSA) is 0 Å². The molecule has 0 saturated carbocycles. The Morgan fingerprint density at radius 2 is 1.07 bits per heavy atom. The average molecular weight is 230 g/mol. The van der Waals surface area contributed by atoms with Crippen LogP contribution in [-0.2, 0) is 0 Å². The van der Waals surface area contributed by atoms with Gasteiger partial charge in [-0.05, 0) is 24.9 Å². The van der Waals surface area contributed by atoms with E-state index < -0.39 is 0 Å². The van der Waals surface area contributed by atoms with E-state index in [1.807, 2.05) is 0 Å². The molecule has 0 nitrogen and oxygen atoms in total. The van der Waals surface area contributed by atoms with Gasteiger partial charge in [0.1, 0.15) is 0 Å². The standard InChI is InChI=1S/C14H31P/c1-4-7-8-9-10-11-14-15(12-5-2)13-6-3/h4-14H2,1-3H3. The second-order valence-corrected chi connectivity index (χ2v) is 7.29. The molecule has 0 aliphatic carbocycles. The summed E-state index contributed by atoms with van der Waals surface area (Å²) in [6.07, 6.45) is 16.2. The van der Waals surface area contributed by atoms with E-state index in [-0.39, 0.29) is 0 Å². The lowest BCUT2D eigenvalue weighted by Gasteiger charge is -2.15. The van der Waals surface area contributed by atoms with Crippen molar-refractivity contribution in [2.24, 2.45) is 0 Å². The molecule has 0 heterocycles. The van der Waals surface area contributed by atoms with Crippen LogP contribution in [-0.4, -0.2) is 18.5 Å². The Hall–Kier alpha value is 0.430. The van der Waals surface area contributed by atoms with E-state index in [2.05, 4.69) is 20.8 Å². The van der Waals surface area contributed by atoms with Gasteiger partial charge < -0.3 is 0 Å². The molecule has 1 heteroatoms. The van der Waals surface area contributed by atoms with E-state index in [0.29, 0.717) is 7.92 Å². The molecule has 0 aromatic rings. The molecule has 0 amide bonds. The first-order valence-corrected chi connectivity index (χ1v) is 8.97. The van der Waals surface area contributed by atoms with Crippen LogP contribution < -0.4 is 0 Å². The van der Waals surface area contributed by atoms with E-state index in [0.717, 1.165) is 0 Å². The Bertz CT molecular complexity index is 106. The maximum Gasteiger partial charge on any atom is -0.0326 e. The highest BCUT2D eigenvalue weighted by Gasteiger charge is 2.04. The summed E-state index contributed by atoms with van der Waals surface area (Å²) in [4.78, 5) is 0. The molecule has 0 bridgehead atoms. The van der Waals surface area contributed by atoms with Crippen LogP contribution in [0, 0.1) is 0 Å². The van der Waals surface area contributed by atoms with E-state index in [1.54, 1.807) is 6.16 Å². The van der Waals surface area contributed by atoms with Gasteiger partial charge in [-0.3, -0.25) is 0 Å². The van der Waals surface area contributed by atoms with Gasteiger partial charge in [-0.2, -0.15) is 0 Å². The van der Waals surface area contributed by atoms with Crippen LogP contribution in [0.4, 0.5) is 0 Å². The van der Waals surface area contributed by atoms with Crippen LogP contribution in [0.5, 0.6) is 0 Å². The van der Waals surface area contributed by atoms with Gasteiger partial charge in [0.15, 0.2) is 0 Å². The minimum Gasteiger partial charge on any atom is -0.107 e. The molecule has 0 aliphatic rings. The number of hydrogen-bond donors (Lipinski definition) is 0. The Morgan fingerprint density at radius 3 is 1.60 bits per heavy atom. The van der Waals surface area contributed by atoms with Gasteiger partial charge in [-0.15, -0.1) is 7.92 Å². The van der Waals surface area contributed by atoms with Crippen LogP contribution in [0.3, 0.4) is 0 Å². The maximum absolute atomic E-state index is 2.34. The van der Waals surface area contributed by atoms with Gasteiger partial charge >= 0.3 is 0 Å². The third-order valence-corrected chi connectivity index (χ3v) is 6.02. The fraction of sp³-hybridized carbons (Fsp3) is 1.00. The molecule has 0 aliphatic heterocycles. The quantitative estimate of drug-likeness (QED) is 0.318. The summed E-state index contributed by atoms with van der Waals surface area (Å²) < 4.78 is 0. The molecule has 0 atom stereocenters. The highest BCUT2D eigenvalue weighted by molar-refractivity contribution is 7.57. The lowest BCUT2D eigenvalue weighted by Crippen LogP contribution is -1.94. The van der Waals surface area contributed by atoms with E-state index in [4.69, 9.17) is 0 Å². The van der Waals surface area contributed by atoms with E-state index in [1.165, 1.54) is 63.7 Å². The average Bonchev–Trinajstić information content (AvgIpc) is 2.24. The van der Waals surface area contributed by atoms with Gasteiger partial charge in [0.25, 0.3) is 0 Å². The monoisotopic (exact) mass is 230 g/mol. The molecule has 0 radical (unpaired) electrons. The first-order chi connectivity index (χ1) is 7.35. The molecule has 0 fully saturated rings. The first kappa shape index (κ1) is 15.4. The predicted octanol–water partition coefficient (Wildman–Crippen LogP) is 5.65. The third kappa shape index (κ3) is 10.7. The first-order valence-electron chi connectivity index (χ1n) is 7.07. The minimum absolute atomic E-state index is 0.415. The highest BCUT2D eigenvalue weighted by Crippen LogP contribution is 2.37. The Balaban J connectivity index is 3.28. The van der Waals surface area contributed by atoms with Crippen molar-refractivity contribution in [2.45, 2.75) is 72.1 Å². The molecular formula is C14H31P. The van der Waals surface area contributed by atoms with Crippen molar-refractivity contribution in [3.8, 4) is 0 Å². The Kier molecular flexibility index (Phi) is 12.9. The van der Waals surface area contributed by atoms with Crippen molar-refractivity contribution in [3.05, 3.63) is 0 Å². The SMILES string of the molecule is CCCCCCCCP(CCC)CCC. The number of unbranched alkanes of at least 4 members (excludes halogenated alkanes) is 5. The fourth-order valence-electron chi connectivity index (χ4n) is 2.08. The summed E-state index contributed by atoms with van der Waals surface area (Å²) in [6, 6.07) is 0. The molecular weight excluding hydrogens is 199 g/mol. The van der Waals surface area contributed by atoms with Gasteiger partial charge in [0.2, 0.25) is 0 Å². The minimum atomic E-state index is 0.415. The molecule has 92 valence electrons. The van der Waals surface area contributed by atoms with Gasteiger partial charge in [-0.25, -0.2) is 0 Å². The number of hydrogen-bond acceptors (Lipinski definition) is 0. The molecule has 0 spiro atoms. The van der Waals surface area contributed by atoms with Crippen molar-refractivity contribution in [1.82, 2.24) is 0 Å². The zero-order valence-corrected chi connectivity index (χ0v) is 12.1. The second kappa shape index (κ2) is 12.5. The zero-order chi connectivity index (χ0) is 11.4. The summed E-state index contributed by atoms with van der Waals surface area (Å²) in [5.41, 5.74) is 0. The Labute approximate surface area is 99.0 Å². The van der Waals surface area contributed by atoms with Gasteiger partial charge in [0, 0.05) is 0 Å². The molecule has 0 aromatic heterocycles. The van der Waals surface area contributed by atoms with Crippen LogP contribution in [0.25, 0.3) is 0 Å². The fourth-order valence-corrected chi connectivity index (χ4v) is 4.69. The Morgan fingerprint density at radius 1 is 0.533 bits per heavy atom. The van der Waals surface area contributed by atoms with E-state index >= 15 is 0 Å². The highest BCUT2D eigenvalue weighted by atomic mass is 31.1. The summed E-state index contributed by atoms with van der Waals surface area (Å²) in [7, 11) is 0.415. The molecule has 0 rings (SSSR count). The zero-order valence-electron chi connectivity index (χ0n) is 11.2. The summed E-state index contributed by atoms with van der Waals surface area (Å²) in [5, 5.41) is 0. The predicted molar refractivity (Wildman–Crippen MR) is 75.5 cm³/mol. The van der Waals surface area contributed by atoms with E-state index in [9.17, 15) is 0 Å². The lowest BCUT2D eigenvalue weighted by molar-refractivity contribution is 0.626. The summed E-state index contributed by atoms with van der Waals surface area (Å²) in [6.45, 7) is 6.97. The van der Waals surface area contributed by atoms with Crippen molar-refractivity contribution in [1.29, 1.82) is 0 Å². The molecule has 15 heavy (non-hydrogen) atoms. The molecule has 0 unspecified atom stereocenters. The van der Waals surface area contributed by atoms with Crippen LogP contribution >= 0.6 is 7.92 Å². The maximum atomic E-state index is 2.34. The molecule has 0 saturated heterocycles. The summed E-state index contributed by atoms with van der Waals surface area (Å²) in [5.74, 6) is 0. The molecule has 0 N–H and O–H groups in total. The van der Waals surface area contributed by atoms with Crippen molar-refractivity contribution < 1.29 is 0 Å².